The van der Waals surface area contributed by atoms with Gasteiger partial charge < -0.3 is 5.32 Å². The summed E-state index contributed by atoms with van der Waals surface area (Å²) in [5.74, 6) is 0.238. The van der Waals surface area contributed by atoms with Gasteiger partial charge in [0.25, 0.3) is 0 Å². The number of nitrogens with zero attached hydrogens (tertiary/aromatic N) is 4. The number of tetrazole rings is 1. The van der Waals surface area contributed by atoms with Gasteiger partial charge in [-0.25, -0.2) is 0 Å². The van der Waals surface area contributed by atoms with Gasteiger partial charge >= 0.3 is 0 Å². The van der Waals surface area contributed by atoms with Crippen molar-refractivity contribution in [2.24, 2.45) is 0 Å². The molecule has 0 spiro atoms. The molecule has 0 aliphatic heterocycles. The fourth-order valence-corrected chi connectivity index (χ4v) is 1.84. The van der Waals surface area contributed by atoms with Crippen LogP contribution in [0.1, 0.15) is 5.82 Å². The number of hydrogen-bond donors (Lipinski definition) is 2. The minimum Gasteiger partial charge on any atom is -0.359 e. The highest BCUT2D eigenvalue weighted by atomic mass is 127. The molecule has 0 bridgehead atoms. The van der Waals surface area contributed by atoms with E-state index in [1.807, 2.05) is 12.1 Å². The van der Waals surface area contributed by atoms with E-state index in [4.69, 9.17) is 16.9 Å². The minimum atomic E-state index is 0.238. The molecular weight excluding hydrogens is 367 g/mol. The van der Waals surface area contributed by atoms with Gasteiger partial charge in [-0.2, -0.15) is 10.5 Å². The van der Waals surface area contributed by atoms with Crippen LogP contribution >= 0.6 is 34.2 Å². The fourth-order valence-electron chi connectivity index (χ4n) is 1.18. The van der Waals surface area contributed by atoms with Gasteiger partial charge in [-0.15, -0.1) is 10.2 Å². The van der Waals surface area contributed by atoms with E-state index in [9.17, 15) is 0 Å². The maximum absolute atomic E-state index is 8.99. The molecule has 90 valence electrons. The second kappa shape index (κ2) is 5.79. The van der Waals surface area contributed by atoms with E-state index in [0.717, 1.165) is 9.26 Å². The Hall–Kier alpha value is -1.66. The summed E-state index contributed by atoms with van der Waals surface area (Å²) in [4.78, 5) is 0. The average molecular weight is 373 g/mol. The lowest BCUT2D eigenvalue weighted by Gasteiger charge is -2.04. The van der Waals surface area contributed by atoms with Crippen LogP contribution in [0.15, 0.2) is 24.4 Å². The Morgan fingerprint density at radius 3 is 3.06 bits per heavy atom. The zero-order valence-corrected chi connectivity index (χ0v) is 11.8. The Bertz CT molecular complexity index is 616. The normalized spacial score (nSPS) is 11.1. The van der Waals surface area contributed by atoms with Crippen molar-refractivity contribution in [3.63, 3.8) is 0 Å². The second-order valence-corrected chi connectivity index (χ2v) is 4.77. The summed E-state index contributed by atoms with van der Waals surface area (Å²) in [6.45, 7) is 0. The highest BCUT2D eigenvalue weighted by Gasteiger charge is 2.06. The lowest BCUT2D eigenvalue weighted by molar-refractivity contribution is 0.881. The van der Waals surface area contributed by atoms with Crippen molar-refractivity contribution in [3.05, 3.63) is 38.8 Å². The Morgan fingerprint density at radius 1 is 1.56 bits per heavy atom. The molecule has 0 saturated carbocycles. The summed E-state index contributed by atoms with van der Waals surface area (Å²) in [6.07, 6.45) is 1.51. The van der Waals surface area contributed by atoms with E-state index < -0.39 is 0 Å². The molecule has 2 N–H and O–H groups in total. The summed E-state index contributed by atoms with van der Waals surface area (Å²) >= 11 is 8.06. The lowest BCUT2D eigenvalue weighted by Crippen LogP contribution is -1.94. The Balaban J connectivity index is 2.24. The van der Waals surface area contributed by atoms with Crippen LogP contribution in [0, 0.1) is 14.9 Å². The van der Waals surface area contributed by atoms with Crippen molar-refractivity contribution >= 4 is 45.5 Å². The first kappa shape index (κ1) is 12.8. The van der Waals surface area contributed by atoms with Crippen LogP contribution in [0.4, 0.5) is 5.69 Å². The van der Waals surface area contributed by atoms with Gasteiger partial charge in [0.2, 0.25) is 5.82 Å². The van der Waals surface area contributed by atoms with E-state index in [0.29, 0.717) is 5.02 Å². The molecule has 8 heteroatoms. The first-order valence-electron chi connectivity index (χ1n) is 4.76. The first-order valence-corrected chi connectivity index (χ1v) is 6.22. The number of anilines is 1. The largest absolute Gasteiger partial charge is 0.359 e. The number of aromatic nitrogens is 4. The monoisotopic (exact) mass is 372 g/mol. The summed E-state index contributed by atoms with van der Waals surface area (Å²) in [7, 11) is 0. The number of aromatic amines is 1. The Kier molecular flexibility index (Phi) is 4.11. The lowest BCUT2D eigenvalue weighted by atomic mass is 10.3. The van der Waals surface area contributed by atoms with Gasteiger partial charge in [-0.05, 0) is 46.0 Å². The van der Waals surface area contributed by atoms with Gasteiger partial charge in [0.15, 0.2) is 0 Å². The summed E-state index contributed by atoms with van der Waals surface area (Å²) in [6, 6.07) is 7.42. The number of halogens is 2. The van der Waals surface area contributed by atoms with Crippen molar-refractivity contribution in [1.82, 2.24) is 20.6 Å². The van der Waals surface area contributed by atoms with Gasteiger partial charge in [-0.1, -0.05) is 11.6 Å². The number of hydrogen-bond acceptors (Lipinski definition) is 5. The number of nitriles is 1. The molecule has 0 aliphatic carbocycles. The summed E-state index contributed by atoms with van der Waals surface area (Å²) in [5, 5.41) is 25.8. The highest BCUT2D eigenvalue weighted by Crippen LogP contribution is 2.23. The molecule has 0 aliphatic rings. The van der Waals surface area contributed by atoms with Crippen LogP contribution < -0.4 is 5.32 Å². The van der Waals surface area contributed by atoms with Crippen LogP contribution in [0.3, 0.4) is 0 Å². The predicted octanol–water partition coefficient (Wildman–Crippen LogP) is 2.43. The van der Waals surface area contributed by atoms with Crippen molar-refractivity contribution in [3.8, 4) is 6.07 Å². The Morgan fingerprint density at radius 2 is 2.39 bits per heavy atom. The van der Waals surface area contributed by atoms with Crippen LogP contribution in [0.2, 0.25) is 5.02 Å². The third kappa shape index (κ3) is 2.96. The zero-order chi connectivity index (χ0) is 13.0. The van der Waals surface area contributed by atoms with Crippen molar-refractivity contribution in [2.45, 2.75) is 0 Å². The van der Waals surface area contributed by atoms with Crippen molar-refractivity contribution in [1.29, 1.82) is 5.26 Å². The van der Waals surface area contributed by atoms with E-state index in [2.05, 4.69) is 48.5 Å². The molecule has 6 nitrogen and oxygen atoms in total. The molecule has 1 heterocycles. The number of rotatable bonds is 3. The van der Waals surface area contributed by atoms with Crippen molar-refractivity contribution in [2.75, 3.05) is 5.32 Å². The maximum atomic E-state index is 8.99. The molecule has 0 atom stereocenters. The van der Waals surface area contributed by atoms with E-state index in [-0.39, 0.29) is 11.4 Å². The molecule has 1 aromatic heterocycles. The highest BCUT2D eigenvalue weighted by molar-refractivity contribution is 14.1. The van der Waals surface area contributed by atoms with E-state index in [1.165, 1.54) is 6.20 Å². The third-order valence-corrected chi connectivity index (χ3v) is 3.18. The zero-order valence-electron chi connectivity index (χ0n) is 8.85. The quantitative estimate of drug-likeness (QED) is 0.638. The van der Waals surface area contributed by atoms with Gasteiger partial charge in [0, 0.05) is 14.8 Å². The fraction of sp³-hybridized carbons (Fsp3) is 0. The first-order chi connectivity index (χ1) is 8.70. The molecule has 0 fully saturated rings. The summed E-state index contributed by atoms with van der Waals surface area (Å²) in [5.41, 5.74) is 1.08. The average Bonchev–Trinajstić information content (AvgIpc) is 2.88. The second-order valence-electron chi connectivity index (χ2n) is 3.17. The number of H-pyrrole nitrogens is 1. The number of benzene rings is 1. The van der Waals surface area contributed by atoms with Gasteiger partial charge in [0.05, 0.1) is 5.69 Å². The molecule has 0 amide bonds. The van der Waals surface area contributed by atoms with Crippen LogP contribution in [0.25, 0.3) is 5.57 Å². The standard InChI is InChI=1S/C10H6ClIN6/c11-7-1-2-8(12)9(3-7)14-5-6(4-13)10-15-17-18-16-10/h1-3,5,14H,(H,15,16,17,18). The maximum Gasteiger partial charge on any atom is 0.216 e. The van der Waals surface area contributed by atoms with Crippen LogP contribution in [0.5, 0.6) is 0 Å². The smallest absolute Gasteiger partial charge is 0.216 e. The predicted molar refractivity (Wildman–Crippen MR) is 75.6 cm³/mol. The SMILES string of the molecule is N#CC(=CNc1cc(Cl)ccc1I)c1nn[nH]n1. The van der Waals surface area contributed by atoms with Crippen molar-refractivity contribution < 1.29 is 0 Å². The molecule has 0 radical (unpaired) electrons. The summed E-state index contributed by atoms with van der Waals surface area (Å²) < 4.78 is 0.985. The van der Waals surface area contributed by atoms with Gasteiger partial charge in [0.1, 0.15) is 11.6 Å². The third-order valence-electron chi connectivity index (χ3n) is 2.01. The topological polar surface area (TPSA) is 90.3 Å². The Labute approximate surface area is 121 Å². The van der Waals surface area contributed by atoms with E-state index in [1.54, 1.807) is 12.1 Å². The molecule has 2 rings (SSSR count). The van der Waals surface area contributed by atoms with Crippen LogP contribution in [-0.4, -0.2) is 20.6 Å². The minimum absolute atomic E-state index is 0.238. The van der Waals surface area contributed by atoms with Crippen LogP contribution in [-0.2, 0) is 0 Å². The molecule has 0 saturated heterocycles. The number of nitrogens with one attached hydrogen (secondary N) is 2. The molecule has 1 aromatic carbocycles. The molecule has 18 heavy (non-hydrogen) atoms. The van der Waals surface area contributed by atoms with Gasteiger partial charge in [-0.3, -0.25) is 0 Å². The number of allylic oxidation sites excluding steroid dienone is 1. The van der Waals surface area contributed by atoms with E-state index >= 15 is 0 Å². The molecular formula is C10H6ClIN6. The molecule has 0 unspecified atom stereocenters. The molecule has 2 aromatic rings.